The number of amides is 1. The lowest BCUT2D eigenvalue weighted by Gasteiger charge is -2.12. The number of hydrogen-bond acceptors (Lipinski definition) is 5. The molecule has 1 amide bonds. The van der Waals surface area contributed by atoms with Gasteiger partial charge in [-0.3, -0.25) is 9.36 Å². The molecule has 134 valence electrons. The zero-order valence-corrected chi connectivity index (χ0v) is 14.1. The average molecular weight is 370 g/mol. The second-order valence-corrected chi connectivity index (χ2v) is 6.87. The summed E-state index contributed by atoms with van der Waals surface area (Å²) in [6.07, 6.45) is 1.86. The summed E-state index contributed by atoms with van der Waals surface area (Å²) in [5.41, 5.74) is 0.188. The minimum Gasteiger partial charge on any atom is -0.435 e. The molecule has 1 atom stereocenters. The molecule has 0 radical (unpaired) electrons. The Hall–Kier alpha value is -2.36. The number of nitrogens with one attached hydrogen (secondary N) is 2. The van der Waals surface area contributed by atoms with Gasteiger partial charge in [0, 0.05) is 11.7 Å². The monoisotopic (exact) mass is 370 g/mol. The maximum atomic E-state index is 12.3. The molecule has 0 saturated heterocycles. The van der Waals surface area contributed by atoms with Crippen LogP contribution >= 0.6 is 11.8 Å². The van der Waals surface area contributed by atoms with Crippen molar-refractivity contribution in [2.45, 2.75) is 42.8 Å². The summed E-state index contributed by atoms with van der Waals surface area (Å²) < 4.78 is 30.0. The minimum absolute atomic E-state index is 0.0143. The van der Waals surface area contributed by atoms with Gasteiger partial charge in [0.25, 0.3) is 0 Å². The van der Waals surface area contributed by atoms with Crippen LogP contribution in [-0.2, 0) is 4.79 Å². The van der Waals surface area contributed by atoms with Crippen molar-refractivity contribution in [2.75, 3.05) is 5.32 Å². The van der Waals surface area contributed by atoms with Crippen LogP contribution in [0.25, 0.3) is 0 Å². The highest BCUT2D eigenvalue weighted by molar-refractivity contribution is 8.00. The highest BCUT2D eigenvalue weighted by Gasteiger charge is 2.30. The highest BCUT2D eigenvalue weighted by Crippen LogP contribution is 2.36. The zero-order chi connectivity index (χ0) is 18.0. The molecule has 2 aromatic rings. The van der Waals surface area contributed by atoms with Crippen molar-refractivity contribution in [1.29, 1.82) is 0 Å². The molecule has 1 aliphatic rings. The fourth-order valence-electron chi connectivity index (χ4n) is 2.20. The number of halogens is 2. The van der Waals surface area contributed by atoms with Crippen LogP contribution in [0.3, 0.4) is 0 Å². The van der Waals surface area contributed by atoms with E-state index in [0.717, 1.165) is 12.8 Å². The summed E-state index contributed by atoms with van der Waals surface area (Å²) in [4.78, 5) is 24.0. The summed E-state index contributed by atoms with van der Waals surface area (Å²) in [6, 6.07) is 5.80. The Morgan fingerprint density at radius 3 is 2.68 bits per heavy atom. The number of carbonyl (C=O) groups excluding carboxylic acids is 1. The SMILES string of the molecule is CC(Sc1n[nH]c(=O)n1C1CC1)C(=O)Nc1ccc(OC(F)F)cc1. The van der Waals surface area contributed by atoms with Gasteiger partial charge < -0.3 is 10.1 Å². The summed E-state index contributed by atoms with van der Waals surface area (Å²) in [5.74, 6) is -0.272. The molecule has 1 unspecified atom stereocenters. The zero-order valence-electron chi connectivity index (χ0n) is 13.2. The smallest absolute Gasteiger partial charge is 0.387 e. The van der Waals surface area contributed by atoms with Gasteiger partial charge in [0.15, 0.2) is 5.16 Å². The first kappa shape index (κ1) is 17.5. The maximum absolute atomic E-state index is 12.3. The van der Waals surface area contributed by atoms with Gasteiger partial charge in [-0.2, -0.15) is 8.78 Å². The van der Waals surface area contributed by atoms with Crippen LogP contribution < -0.4 is 15.7 Å². The molecule has 10 heteroatoms. The molecule has 0 aliphatic heterocycles. The number of aromatic amines is 1. The first-order valence-electron chi connectivity index (χ1n) is 7.63. The third-order valence-corrected chi connectivity index (χ3v) is 4.65. The lowest BCUT2D eigenvalue weighted by atomic mass is 10.3. The van der Waals surface area contributed by atoms with Crippen LogP contribution in [0, 0.1) is 0 Å². The molecule has 0 spiro atoms. The van der Waals surface area contributed by atoms with Crippen molar-refractivity contribution in [2.24, 2.45) is 0 Å². The molecule has 3 rings (SSSR count). The molecule has 25 heavy (non-hydrogen) atoms. The van der Waals surface area contributed by atoms with E-state index < -0.39 is 11.9 Å². The van der Waals surface area contributed by atoms with Crippen molar-refractivity contribution in [3.05, 3.63) is 34.7 Å². The molecule has 1 aromatic carbocycles. The van der Waals surface area contributed by atoms with Gasteiger partial charge in [-0.15, -0.1) is 5.10 Å². The molecular weight excluding hydrogens is 354 g/mol. The van der Waals surface area contributed by atoms with Crippen LogP contribution in [0.4, 0.5) is 14.5 Å². The van der Waals surface area contributed by atoms with Gasteiger partial charge in [0.1, 0.15) is 5.75 Å². The highest BCUT2D eigenvalue weighted by atomic mass is 32.2. The molecule has 2 N–H and O–H groups in total. The molecule has 1 saturated carbocycles. The quantitative estimate of drug-likeness (QED) is 0.732. The van der Waals surface area contributed by atoms with E-state index in [1.165, 1.54) is 36.0 Å². The number of aromatic nitrogens is 3. The van der Waals surface area contributed by atoms with Crippen LogP contribution in [0.1, 0.15) is 25.8 Å². The minimum atomic E-state index is -2.89. The Bertz CT molecular complexity index is 802. The van der Waals surface area contributed by atoms with Crippen molar-refractivity contribution >= 4 is 23.4 Å². The topological polar surface area (TPSA) is 89.0 Å². The number of nitrogens with zero attached hydrogens (tertiary/aromatic N) is 2. The Morgan fingerprint density at radius 1 is 1.40 bits per heavy atom. The molecule has 0 bridgehead atoms. The first-order chi connectivity index (χ1) is 11.9. The number of thioether (sulfide) groups is 1. The van der Waals surface area contributed by atoms with Crippen molar-refractivity contribution in [3.63, 3.8) is 0 Å². The summed E-state index contributed by atoms with van der Waals surface area (Å²) >= 11 is 1.18. The van der Waals surface area contributed by atoms with E-state index in [1.54, 1.807) is 11.5 Å². The third kappa shape index (κ3) is 4.38. The fourth-order valence-corrected chi connectivity index (χ4v) is 3.13. The number of ether oxygens (including phenoxy) is 1. The molecule has 7 nitrogen and oxygen atoms in total. The second kappa shape index (κ2) is 7.26. The normalized spacial score (nSPS) is 15.2. The Kier molecular flexibility index (Phi) is 5.07. The number of H-pyrrole nitrogens is 1. The van der Waals surface area contributed by atoms with Gasteiger partial charge in [0.05, 0.1) is 5.25 Å². The largest absolute Gasteiger partial charge is 0.435 e. The third-order valence-electron chi connectivity index (χ3n) is 3.58. The number of hydrogen-bond donors (Lipinski definition) is 2. The molecule has 1 aromatic heterocycles. The van der Waals surface area contributed by atoms with Gasteiger partial charge in [-0.1, -0.05) is 11.8 Å². The number of rotatable bonds is 7. The Balaban J connectivity index is 1.60. The van der Waals surface area contributed by atoms with Crippen LogP contribution in [0.5, 0.6) is 5.75 Å². The van der Waals surface area contributed by atoms with Crippen molar-refractivity contribution < 1.29 is 18.3 Å². The second-order valence-electron chi connectivity index (χ2n) is 5.56. The van der Waals surface area contributed by atoms with Gasteiger partial charge in [0.2, 0.25) is 5.91 Å². The van der Waals surface area contributed by atoms with Crippen molar-refractivity contribution in [1.82, 2.24) is 14.8 Å². The summed E-state index contributed by atoms with van der Waals surface area (Å²) in [7, 11) is 0. The fraction of sp³-hybridized carbons (Fsp3) is 0.400. The lowest BCUT2D eigenvalue weighted by Crippen LogP contribution is -2.23. The Labute approximate surface area is 145 Å². The first-order valence-corrected chi connectivity index (χ1v) is 8.51. The number of alkyl halides is 2. The van der Waals surface area contributed by atoms with Crippen LogP contribution in [0.15, 0.2) is 34.2 Å². The van der Waals surface area contributed by atoms with E-state index >= 15 is 0 Å². The van der Waals surface area contributed by atoms with Gasteiger partial charge >= 0.3 is 12.3 Å². The number of anilines is 1. The molecular formula is C15H16F2N4O3S. The molecule has 1 aliphatic carbocycles. The summed E-state index contributed by atoms with van der Waals surface area (Å²) in [5, 5.41) is 9.04. The van der Waals surface area contributed by atoms with E-state index in [-0.39, 0.29) is 23.4 Å². The van der Waals surface area contributed by atoms with E-state index in [0.29, 0.717) is 10.8 Å². The van der Waals surface area contributed by atoms with Gasteiger partial charge in [-0.25, -0.2) is 9.89 Å². The number of carbonyl (C=O) groups is 1. The molecule has 1 heterocycles. The maximum Gasteiger partial charge on any atom is 0.387 e. The van der Waals surface area contributed by atoms with Gasteiger partial charge in [-0.05, 0) is 44.0 Å². The van der Waals surface area contributed by atoms with Crippen molar-refractivity contribution in [3.8, 4) is 5.75 Å². The van der Waals surface area contributed by atoms with E-state index in [4.69, 9.17) is 0 Å². The van der Waals surface area contributed by atoms with E-state index in [1.807, 2.05) is 0 Å². The standard InChI is InChI=1S/C15H16F2N4O3S/c1-8(25-15-20-19-14(23)21(15)10-4-5-10)12(22)18-9-2-6-11(7-3-9)24-13(16)17/h2-3,6-8,10,13H,4-5H2,1H3,(H,18,22)(H,19,23). The summed E-state index contributed by atoms with van der Waals surface area (Å²) in [6.45, 7) is -1.19. The predicted molar refractivity (Wildman–Crippen MR) is 88.1 cm³/mol. The lowest BCUT2D eigenvalue weighted by molar-refractivity contribution is -0.115. The van der Waals surface area contributed by atoms with Crippen LogP contribution in [0.2, 0.25) is 0 Å². The number of benzene rings is 1. The van der Waals surface area contributed by atoms with E-state index in [2.05, 4.69) is 20.3 Å². The average Bonchev–Trinajstić information content (AvgIpc) is 3.33. The van der Waals surface area contributed by atoms with Crippen LogP contribution in [-0.4, -0.2) is 32.5 Å². The van der Waals surface area contributed by atoms with E-state index in [9.17, 15) is 18.4 Å². The Morgan fingerprint density at radius 2 is 2.08 bits per heavy atom. The molecule has 1 fully saturated rings. The predicted octanol–water partition coefficient (Wildman–Crippen LogP) is 2.63.